The second-order valence-electron chi connectivity index (χ2n) is 1.56. The molecule has 0 radical (unpaired) electrons. The van der Waals surface area contributed by atoms with Gasteiger partial charge in [0.05, 0.1) is 0 Å². The van der Waals surface area contributed by atoms with Crippen molar-refractivity contribution >= 4 is 27.8 Å². The zero-order chi connectivity index (χ0) is 7.86. The monoisotopic (exact) mass is 195 g/mol. The summed E-state index contributed by atoms with van der Waals surface area (Å²) in [5, 5.41) is 0. The minimum atomic E-state index is -0.0787. The van der Waals surface area contributed by atoms with Crippen LogP contribution in [0.1, 0.15) is 20.8 Å². The standard InChI is InChI=1S/C3H6O.C2H4BrNO/c1-3(2)4;1-2(5)4-3/h1-2H3;1H3,(H,4,5). The fourth-order valence-corrected chi connectivity index (χ4v) is 0. The van der Waals surface area contributed by atoms with Gasteiger partial charge in [0.25, 0.3) is 0 Å². The van der Waals surface area contributed by atoms with Crippen LogP contribution in [0.4, 0.5) is 0 Å². The Labute approximate surface area is 63.2 Å². The van der Waals surface area contributed by atoms with Gasteiger partial charge in [0.1, 0.15) is 5.78 Å². The summed E-state index contributed by atoms with van der Waals surface area (Å²) < 4.78 is 2.20. The molecule has 4 heteroatoms. The fraction of sp³-hybridized carbons (Fsp3) is 0.600. The van der Waals surface area contributed by atoms with E-state index in [9.17, 15) is 9.59 Å². The molecular formula is C5H10BrNO2. The molecule has 0 aromatic rings. The average Bonchev–Trinajstić information content (AvgIpc) is 1.65. The summed E-state index contributed by atoms with van der Waals surface area (Å²) in [6.07, 6.45) is 0. The molecule has 0 rings (SSSR count). The summed E-state index contributed by atoms with van der Waals surface area (Å²) in [5.74, 6) is 0.0880. The van der Waals surface area contributed by atoms with E-state index in [0.29, 0.717) is 0 Å². The Hall–Kier alpha value is -0.380. The molecule has 0 aliphatic rings. The highest BCUT2D eigenvalue weighted by molar-refractivity contribution is 9.08. The quantitative estimate of drug-likeness (QED) is 0.588. The second-order valence-corrected chi connectivity index (χ2v) is 1.96. The Morgan fingerprint density at radius 1 is 1.22 bits per heavy atom. The molecule has 1 amide bonds. The van der Waals surface area contributed by atoms with Crippen LogP contribution in [0.5, 0.6) is 0 Å². The largest absolute Gasteiger partial charge is 0.300 e. The maximum Gasteiger partial charge on any atom is 0.226 e. The second kappa shape index (κ2) is 7.62. The van der Waals surface area contributed by atoms with Gasteiger partial charge < -0.3 is 4.79 Å². The van der Waals surface area contributed by atoms with Crippen LogP contribution < -0.4 is 4.34 Å². The summed E-state index contributed by atoms with van der Waals surface area (Å²) in [6, 6.07) is 0. The Bertz CT molecular complexity index is 99.1. The van der Waals surface area contributed by atoms with Crippen LogP contribution in [-0.4, -0.2) is 11.7 Å². The van der Waals surface area contributed by atoms with Gasteiger partial charge in [-0.15, -0.1) is 0 Å². The molecule has 0 saturated heterocycles. The Balaban J connectivity index is 0. The van der Waals surface area contributed by atoms with Crippen LogP contribution >= 0.6 is 16.1 Å². The van der Waals surface area contributed by atoms with E-state index in [0.717, 1.165) is 0 Å². The lowest BCUT2D eigenvalue weighted by Gasteiger charge is -1.76. The molecular weight excluding hydrogens is 186 g/mol. The number of hydrogen-bond donors (Lipinski definition) is 1. The van der Waals surface area contributed by atoms with Gasteiger partial charge in [-0.05, 0) is 13.8 Å². The molecule has 0 aliphatic carbocycles. The van der Waals surface area contributed by atoms with Crippen LogP contribution in [0.2, 0.25) is 0 Å². The SMILES string of the molecule is CC(=O)NBr.CC(C)=O. The first-order valence-corrected chi connectivity index (χ1v) is 3.14. The third-order valence-electron chi connectivity index (χ3n) is 0.133. The first-order valence-electron chi connectivity index (χ1n) is 2.35. The molecule has 1 N–H and O–H groups in total. The molecule has 0 aromatic heterocycles. The molecule has 9 heavy (non-hydrogen) atoms. The lowest BCUT2D eigenvalue weighted by Crippen LogP contribution is -2.03. The summed E-state index contributed by atoms with van der Waals surface area (Å²) in [4.78, 5) is 19.1. The van der Waals surface area contributed by atoms with Gasteiger partial charge in [-0.25, -0.2) is 0 Å². The highest BCUT2D eigenvalue weighted by atomic mass is 79.9. The third-order valence-corrected chi connectivity index (χ3v) is 0.691. The van der Waals surface area contributed by atoms with Crippen LogP contribution in [0, 0.1) is 0 Å². The molecule has 0 aliphatic heterocycles. The van der Waals surface area contributed by atoms with Crippen LogP contribution in [0.15, 0.2) is 0 Å². The Morgan fingerprint density at radius 3 is 1.33 bits per heavy atom. The van der Waals surface area contributed by atoms with Gasteiger partial charge in [-0.1, -0.05) is 0 Å². The number of rotatable bonds is 0. The van der Waals surface area contributed by atoms with Gasteiger partial charge in [0, 0.05) is 23.1 Å². The highest BCUT2D eigenvalue weighted by Crippen LogP contribution is 1.63. The van der Waals surface area contributed by atoms with E-state index in [1.54, 1.807) is 0 Å². The number of carbonyl (C=O) groups is 2. The summed E-state index contributed by atoms with van der Waals surface area (Å²) >= 11 is 2.71. The predicted molar refractivity (Wildman–Crippen MR) is 39.1 cm³/mol. The summed E-state index contributed by atoms with van der Waals surface area (Å²) in [5.41, 5.74) is 0. The van der Waals surface area contributed by atoms with E-state index in [1.807, 2.05) is 0 Å². The molecule has 3 nitrogen and oxygen atoms in total. The molecule has 0 unspecified atom stereocenters. The first kappa shape index (κ1) is 11.4. The minimum absolute atomic E-state index is 0.0787. The number of nitrogens with one attached hydrogen (secondary N) is 1. The molecule has 0 aromatic carbocycles. The smallest absolute Gasteiger partial charge is 0.226 e. The van der Waals surface area contributed by atoms with Gasteiger partial charge in [0.15, 0.2) is 0 Å². The number of Topliss-reactive ketones (excluding diaryl/α,β-unsaturated/α-hetero) is 1. The van der Waals surface area contributed by atoms with E-state index in [4.69, 9.17) is 0 Å². The van der Waals surface area contributed by atoms with Crippen LogP contribution in [0.25, 0.3) is 0 Å². The highest BCUT2D eigenvalue weighted by Gasteiger charge is 1.75. The van der Waals surface area contributed by atoms with Crippen molar-refractivity contribution in [3.05, 3.63) is 0 Å². The Kier molecular flexibility index (Phi) is 9.67. The minimum Gasteiger partial charge on any atom is -0.300 e. The van der Waals surface area contributed by atoms with Crippen molar-refractivity contribution in [2.45, 2.75) is 20.8 Å². The van der Waals surface area contributed by atoms with E-state index in [1.165, 1.54) is 20.8 Å². The van der Waals surface area contributed by atoms with Gasteiger partial charge in [-0.2, -0.15) is 0 Å². The number of halogens is 1. The van der Waals surface area contributed by atoms with E-state index >= 15 is 0 Å². The molecule has 0 saturated carbocycles. The van der Waals surface area contributed by atoms with Crippen molar-refractivity contribution in [1.82, 2.24) is 4.34 Å². The lowest BCUT2D eigenvalue weighted by molar-refractivity contribution is -0.117. The van der Waals surface area contributed by atoms with Crippen molar-refractivity contribution in [2.24, 2.45) is 0 Å². The zero-order valence-electron chi connectivity index (χ0n) is 5.69. The number of hydrogen-bond acceptors (Lipinski definition) is 2. The van der Waals surface area contributed by atoms with Crippen molar-refractivity contribution in [1.29, 1.82) is 0 Å². The molecule has 0 spiro atoms. The topological polar surface area (TPSA) is 46.2 Å². The summed E-state index contributed by atoms with van der Waals surface area (Å²) in [6.45, 7) is 4.48. The van der Waals surface area contributed by atoms with E-state index in [2.05, 4.69) is 20.5 Å². The molecule has 0 heterocycles. The maximum atomic E-state index is 9.65. The van der Waals surface area contributed by atoms with Crippen LogP contribution in [0.3, 0.4) is 0 Å². The van der Waals surface area contributed by atoms with Crippen LogP contribution in [-0.2, 0) is 9.59 Å². The average molecular weight is 196 g/mol. The number of carbonyl (C=O) groups excluding carboxylic acids is 2. The van der Waals surface area contributed by atoms with Gasteiger partial charge >= 0.3 is 0 Å². The van der Waals surface area contributed by atoms with Crippen molar-refractivity contribution in [2.75, 3.05) is 0 Å². The molecule has 0 atom stereocenters. The Morgan fingerprint density at radius 2 is 1.33 bits per heavy atom. The van der Waals surface area contributed by atoms with Crippen molar-refractivity contribution in [3.8, 4) is 0 Å². The third kappa shape index (κ3) is 91.7. The normalized spacial score (nSPS) is 6.67. The fourth-order valence-electron chi connectivity index (χ4n) is 0. The van der Waals surface area contributed by atoms with Crippen molar-refractivity contribution < 1.29 is 9.59 Å². The molecule has 0 bridgehead atoms. The lowest BCUT2D eigenvalue weighted by atomic mass is 10.6. The zero-order valence-corrected chi connectivity index (χ0v) is 7.28. The van der Waals surface area contributed by atoms with Crippen molar-refractivity contribution in [3.63, 3.8) is 0 Å². The van der Waals surface area contributed by atoms with E-state index < -0.39 is 0 Å². The molecule has 0 fully saturated rings. The maximum absolute atomic E-state index is 9.65. The van der Waals surface area contributed by atoms with Gasteiger partial charge in [-0.3, -0.25) is 9.14 Å². The summed E-state index contributed by atoms with van der Waals surface area (Å²) in [7, 11) is 0. The predicted octanol–water partition coefficient (Wildman–Crippen LogP) is 1.03. The first-order chi connectivity index (χ1) is 4.00. The number of amides is 1. The molecule has 54 valence electrons. The number of ketones is 1. The van der Waals surface area contributed by atoms with Gasteiger partial charge in [0.2, 0.25) is 5.91 Å². The van der Waals surface area contributed by atoms with E-state index in [-0.39, 0.29) is 11.7 Å².